The van der Waals surface area contributed by atoms with Gasteiger partial charge in [-0.2, -0.15) is 0 Å². The van der Waals surface area contributed by atoms with Crippen molar-refractivity contribution in [3.8, 4) is 22.3 Å². The highest BCUT2D eigenvalue weighted by Crippen LogP contribution is 2.68. The number of anilines is 3. The Labute approximate surface area is 295 Å². The molecule has 0 atom stereocenters. The van der Waals surface area contributed by atoms with Crippen LogP contribution in [0.5, 0.6) is 0 Å². The van der Waals surface area contributed by atoms with Gasteiger partial charge in [-0.15, -0.1) is 0 Å². The molecule has 4 bridgehead atoms. The summed E-state index contributed by atoms with van der Waals surface area (Å²) >= 11 is 0. The van der Waals surface area contributed by atoms with Crippen LogP contribution in [0, 0.1) is 23.7 Å². The Morgan fingerprint density at radius 2 is 0.960 bits per heavy atom. The van der Waals surface area contributed by atoms with Crippen LogP contribution in [-0.4, -0.2) is 8.42 Å². The first-order chi connectivity index (χ1) is 24.5. The monoisotopic (exact) mass is 669 g/mol. The second-order valence-electron chi connectivity index (χ2n) is 15.0. The third-order valence-corrected chi connectivity index (χ3v) is 14.3. The summed E-state index contributed by atoms with van der Waals surface area (Å²) in [5, 5.41) is 0. The van der Waals surface area contributed by atoms with Crippen molar-refractivity contribution in [1.82, 2.24) is 0 Å². The van der Waals surface area contributed by atoms with Crippen molar-refractivity contribution in [2.24, 2.45) is 23.7 Å². The summed E-state index contributed by atoms with van der Waals surface area (Å²) in [5.41, 5.74) is 9.47. The highest BCUT2D eigenvalue weighted by Gasteiger charge is 2.62. The van der Waals surface area contributed by atoms with Gasteiger partial charge >= 0.3 is 0 Å². The fourth-order valence-electron chi connectivity index (χ4n) is 10.7. The van der Waals surface area contributed by atoms with Gasteiger partial charge in [0.15, 0.2) is 0 Å². The Balaban J connectivity index is 1.19. The highest BCUT2D eigenvalue weighted by atomic mass is 32.2. The number of rotatable bonds is 5. The lowest BCUT2D eigenvalue weighted by molar-refractivity contribution is -0.0446. The van der Waals surface area contributed by atoms with E-state index >= 15 is 0 Å². The van der Waals surface area contributed by atoms with E-state index in [1.165, 1.54) is 37.7 Å². The zero-order valence-corrected chi connectivity index (χ0v) is 28.8. The molecule has 0 aromatic heterocycles. The van der Waals surface area contributed by atoms with Gasteiger partial charge in [-0.05, 0) is 138 Å². The highest BCUT2D eigenvalue weighted by molar-refractivity contribution is 7.91. The van der Waals surface area contributed by atoms with Gasteiger partial charge in [0.1, 0.15) is 0 Å². The molecule has 0 saturated heterocycles. The van der Waals surface area contributed by atoms with Gasteiger partial charge in [0.2, 0.25) is 9.84 Å². The number of fused-ring (bicyclic) bond motifs is 2. The number of sulfone groups is 1. The maximum atomic E-state index is 14.5. The zero-order chi connectivity index (χ0) is 33.5. The Morgan fingerprint density at radius 3 is 1.64 bits per heavy atom. The maximum Gasteiger partial charge on any atom is 0.207 e. The largest absolute Gasteiger partial charge is 0.310 e. The average Bonchev–Trinajstić information content (AvgIpc) is 3.16. The maximum absolute atomic E-state index is 14.5. The summed E-state index contributed by atoms with van der Waals surface area (Å²) in [4.78, 5) is 3.35. The topological polar surface area (TPSA) is 37.4 Å². The van der Waals surface area contributed by atoms with Gasteiger partial charge in [-0.3, -0.25) is 0 Å². The lowest BCUT2D eigenvalue weighted by atomic mass is 9.42. The number of hydrogen-bond donors (Lipinski definition) is 0. The minimum absolute atomic E-state index is 0.296. The number of hydrogen-bond acceptors (Lipinski definition) is 3. The van der Waals surface area contributed by atoms with Crippen LogP contribution in [-0.2, 0) is 15.3 Å². The molecule has 0 N–H and O–H groups in total. The lowest BCUT2D eigenvalue weighted by Gasteiger charge is -2.63. The Bertz CT molecular complexity index is 2320. The minimum Gasteiger partial charge on any atom is -0.310 e. The third-order valence-electron chi connectivity index (χ3n) is 12.4. The van der Waals surface area contributed by atoms with Gasteiger partial charge in [0.25, 0.3) is 0 Å². The van der Waals surface area contributed by atoms with Crippen LogP contribution in [0.25, 0.3) is 22.3 Å². The van der Waals surface area contributed by atoms with Crippen molar-refractivity contribution in [3.63, 3.8) is 0 Å². The molecule has 3 nitrogen and oxygen atoms in total. The summed E-state index contributed by atoms with van der Waals surface area (Å²) in [7, 11) is -3.68. The molecule has 6 aromatic rings. The van der Waals surface area contributed by atoms with Crippen molar-refractivity contribution in [3.05, 3.63) is 163 Å². The van der Waals surface area contributed by atoms with E-state index in [1.807, 2.05) is 36.4 Å². The van der Waals surface area contributed by atoms with Crippen LogP contribution in [0.4, 0.5) is 17.1 Å². The van der Waals surface area contributed by atoms with Crippen LogP contribution in [0.15, 0.2) is 161 Å². The number of nitrogens with zero attached hydrogens (tertiary/aromatic N) is 1. The fraction of sp³-hybridized carbons (Fsp3) is 0.217. The Hall–Kier alpha value is -4.93. The van der Waals surface area contributed by atoms with Crippen molar-refractivity contribution in [2.45, 2.75) is 47.3 Å². The summed E-state index contributed by atoms with van der Waals surface area (Å²) in [6.07, 6.45) is 6.10. The summed E-state index contributed by atoms with van der Waals surface area (Å²) in [6, 6.07) is 52.7. The summed E-state index contributed by atoms with van der Waals surface area (Å²) < 4.78 is 29.0. The van der Waals surface area contributed by atoms with E-state index < -0.39 is 9.84 Å². The molecular weight excluding hydrogens is 631 g/mol. The Kier molecular flexibility index (Phi) is 6.76. The SMILES string of the molecule is O=S1(=O)c2ccccc2C2(c3cc(N(c4ccc(-c5ccccc5)cc4)c4cccc(-c5ccccc5)c4)ccc31)C1CC3CC(C1)CC2C3. The van der Waals surface area contributed by atoms with Gasteiger partial charge in [0, 0.05) is 22.5 Å². The minimum atomic E-state index is -3.68. The molecule has 1 spiro atoms. The molecule has 11 rings (SSSR count). The molecule has 6 aromatic carbocycles. The molecule has 4 saturated carbocycles. The van der Waals surface area contributed by atoms with E-state index in [1.54, 1.807) is 0 Å². The standard InChI is InChI=1S/C46H39NO2S/c48-50(49)44-17-8-7-16-42(44)46(37-25-31-24-32(27-37)28-38(46)26-31)43-30-41(22-23-45(43)50)47(39-20-18-35(19-21-39)33-10-3-1-4-11-33)40-15-9-14-36(29-40)34-12-5-2-6-13-34/h1-23,29-32,37-38H,24-28H2. The van der Waals surface area contributed by atoms with Crippen molar-refractivity contribution in [1.29, 1.82) is 0 Å². The van der Waals surface area contributed by atoms with E-state index in [2.05, 4.69) is 120 Å². The predicted molar refractivity (Wildman–Crippen MR) is 202 cm³/mol. The smallest absolute Gasteiger partial charge is 0.207 e. The molecule has 0 unspecified atom stereocenters. The molecular formula is C46H39NO2S. The van der Waals surface area contributed by atoms with Crippen molar-refractivity contribution >= 4 is 26.9 Å². The van der Waals surface area contributed by atoms with E-state index in [0.717, 1.165) is 56.7 Å². The molecule has 5 aliphatic rings. The first kappa shape index (κ1) is 29.9. The number of benzene rings is 6. The fourth-order valence-corrected chi connectivity index (χ4v) is 12.4. The van der Waals surface area contributed by atoms with Crippen LogP contribution >= 0.6 is 0 Å². The van der Waals surface area contributed by atoms with Gasteiger partial charge in [-0.1, -0.05) is 103 Å². The van der Waals surface area contributed by atoms with Crippen LogP contribution in [0.2, 0.25) is 0 Å². The third kappa shape index (κ3) is 4.44. The van der Waals surface area contributed by atoms with E-state index in [9.17, 15) is 8.42 Å². The average molecular weight is 670 g/mol. The summed E-state index contributed by atoms with van der Waals surface area (Å²) in [6.45, 7) is 0. The zero-order valence-electron chi connectivity index (χ0n) is 28.0. The molecule has 1 heterocycles. The van der Waals surface area contributed by atoms with Gasteiger partial charge in [0.05, 0.1) is 9.79 Å². The predicted octanol–water partition coefficient (Wildman–Crippen LogP) is 11.4. The first-order valence-corrected chi connectivity index (χ1v) is 19.6. The lowest BCUT2D eigenvalue weighted by Crippen LogP contribution is -2.57. The van der Waals surface area contributed by atoms with Gasteiger partial charge in [-0.25, -0.2) is 8.42 Å². The molecule has 0 amide bonds. The van der Waals surface area contributed by atoms with E-state index in [4.69, 9.17) is 0 Å². The van der Waals surface area contributed by atoms with Crippen molar-refractivity contribution < 1.29 is 8.42 Å². The molecule has 4 aliphatic carbocycles. The van der Waals surface area contributed by atoms with Gasteiger partial charge < -0.3 is 4.90 Å². The summed E-state index contributed by atoms with van der Waals surface area (Å²) in [5.74, 6) is 2.43. The van der Waals surface area contributed by atoms with Crippen LogP contribution < -0.4 is 4.90 Å². The van der Waals surface area contributed by atoms with E-state index in [-0.39, 0.29) is 5.41 Å². The quantitative estimate of drug-likeness (QED) is 0.183. The molecule has 50 heavy (non-hydrogen) atoms. The van der Waals surface area contributed by atoms with Crippen LogP contribution in [0.1, 0.15) is 43.2 Å². The second-order valence-corrected chi connectivity index (χ2v) is 16.9. The molecule has 4 fully saturated rings. The molecule has 4 heteroatoms. The van der Waals surface area contributed by atoms with Crippen LogP contribution in [0.3, 0.4) is 0 Å². The normalized spacial score (nSPS) is 25.2. The second kappa shape index (κ2) is 11.3. The molecule has 1 aliphatic heterocycles. The molecule has 0 radical (unpaired) electrons. The van der Waals surface area contributed by atoms with E-state index in [0.29, 0.717) is 21.6 Å². The first-order valence-electron chi connectivity index (χ1n) is 18.1. The van der Waals surface area contributed by atoms with Crippen molar-refractivity contribution in [2.75, 3.05) is 4.90 Å². The molecule has 246 valence electrons. The Morgan fingerprint density at radius 1 is 0.440 bits per heavy atom.